The van der Waals surface area contributed by atoms with Crippen LogP contribution in [-0.4, -0.2) is 52.7 Å². The molecule has 1 rings (SSSR count). The van der Waals surface area contributed by atoms with Gasteiger partial charge in [0.2, 0.25) is 0 Å². The summed E-state index contributed by atoms with van der Waals surface area (Å²) in [7, 11) is 1.52. The van der Waals surface area contributed by atoms with Gasteiger partial charge in [-0.2, -0.15) is 0 Å². The molecule has 3 N–H and O–H groups in total. The van der Waals surface area contributed by atoms with Gasteiger partial charge >= 0.3 is 5.97 Å². The fraction of sp³-hybridized carbons (Fsp3) is 0.444. The van der Waals surface area contributed by atoms with E-state index in [-0.39, 0.29) is 18.3 Å². The topological polar surface area (TPSA) is 105 Å². The van der Waals surface area contributed by atoms with Crippen molar-refractivity contribution in [2.45, 2.75) is 6.04 Å². The average Bonchev–Trinajstić information content (AvgIpc) is 2.29. The molecule has 0 amide bonds. The third-order valence-electron chi connectivity index (χ3n) is 1.82. The summed E-state index contributed by atoms with van der Waals surface area (Å²) in [5.74, 6) is -0.740. The van der Waals surface area contributed by atoms with E-state index in [0.717, 1.165) is 0 Å². The molecule has 0 unspecified atom stereocenters. The number of aliphatic hydroxyl groups excluding tert-OH is 1. The Bertz CT molecular complexity index is 341. The van der Waals surface area contributed by atoms with Crippen LogP contribution >= 0.6 is 0 Å². The average molecular weight is 227 g/mol. The number of rotatable bonds is 6. The predicted molar refractivity (Wildman–Crippen MR) is 55.4 cm³/mol. The zero-order valence-electron chi connectivity index (χ0n) is 8.75. The minimum atomic E-state index is -1.13. The van der Waals surface area contributed by atoms with E-state index in [9.17, 15) is 4.79 Å². The number of methoxy groups -OCH3 is 1. The van der Waals surface area contributed by atoms with Crippen LogP contribution in [0.3, 0.4) is 0 Å². The maximum atomic E-state index is 10.5. The summed E-state index contributed by atoms with van der Waals surface area (Å²) >= 11 is 0. The molecule has 0 spiro atoms. The first-order valence-electron chi connectivity index (χ1n) is 4.60. The molecular weight excluding hydrogens is 214 g/mol. The second-order valence-electron chi connectivity index (χ2n) is 3.09. The van der Waals surface area contributed by atoms with E-state index >= 15 is 0 Å². The fourth-order valence-corrected chi connectivity index (χ4v) is 1.07. The quantitative estimate of drug-likeness (QED) is 0.607. The Morgan fingerprint density at radius 1 is 1.56 bits per heavy atom. The highest BCUT2D eigenvalue weighted by molar-refractivity contribution is 5.85. The van der Waals surface area contributed by atoms with E-state index in [1.807, 2.05) is 0 Å². The normalized spacial score (nSPS) is 12.1. The standard InChI is InChI=1S/C9H13N3O4/c1-16-5-6(4-13)10-8-3-2-7(9(14)15)11-12-8/h2-3,6,13H,4-5H2,1H3,(H,10,12)(H,14,15)/t6-/m0/s1. The van der Waals surface area contributed by atoms with Gasteiger partial charge in [-0.25, -0.2) is 4.79 Å². The van der Waals surface area contributed by atoms with Crippen molar-refractivity contribution in [1.82, 2.24) is 10.2 Å². The summed E-state index contributed by atoms with van der Waals surface area (Å²) in [6, 6.07) is 2.52. The lowest BCUT2D eigenvalue weighted by Crippen LogP contribution is -2.29. The Labute approximate surface area is 92.1 Å². The van der Waals surface area contributed by atoms with Gasteiger partial charge in [0.05, 0.1) is 19.3 Å². The monoisotopic (exact) mass is 227 g/mol. The lowest BCUT2D eigenvalue weighted by molar-refractivity contribution is 0.0689. The van der Waals surface area contributed by atoms with Crippen LogP contribution in [-0.2, 0) is 4.74 Å². The van der Waals surface area contributed by atoms with Crippen molar-refractivity contribution in [2.75, 3.05) is 25.6 Å². The largest absolute Gasteiger partial charge is 0.476 e. The summed E-state index contributed by atoms with van der Waals surface area (Å²) in [4.78, 5) is 10.5. The van der Waals surface area contributed by atoms with Gasteiger partial charge in [-0.15, -0.1) is 10.2 Å². The summed E-state index contributed by atoms with van der Waals surface area (Å²) in [5.41, 5.74) is -0.127. The molecule has 0 aliphatic rings. The maximum Gasteiger partial charge on any atom is 0.356 e. The summed E-state index contributed by atoms with van der Waals surface area (Å²) in [5, 5.41) is 27.6. The van der Waals surface area contributed by atoms with Crippen molar-refractivity contribution in [3.63, 3.8) is 0 Å². The summed E-state index contributed by atoms with van der Waals surface area (Å²) in [6.07, 6.45) is 0. The number of nitrogens with zero attached hydrogens (tertiary/aromatic N) is 2. The summed E-state index contributed by atoms with van der Waals surface area (Å²) in [6.45, 7) is 0.203. The molecule has 16 heavy (non-hydrogen) atoms. The molecule has 1 aromatic heterocycles. The van der Waals surface area contributed by atoms with Gasteiger partial charge in [0.15, 0.2) is 5.69 Å². The van der Waals surface area contributed by atoms with Crippen LogP contribution in [0.2, 0.25) is 0 Å². The van der Waals surface area contributed by atoms with Gasteiger partial charge in [0.25, 0.3) is 0 Å². The van der Waals surface area contributed by atoms with E-state index in [1.54, 1.807) is 0 Å². The van der Waals surface area contributed by atoms with Crippen molar-refractivity contribution >= 4 is 11.8 Å². The van der Waals surface area contributed by atoms with Gasteiger partial charge in [0, 0.05) is 7.11 Å². The number of aromatic carboxylic acids is 1. The highest BCUT2D eigenvalue weighted by atomic mass is 16.5. The van der Waals surface area contributed by atoms with Gasteiger partial charge in [-0.05, 0) is 12.1 Å². The number of aromatic nitrogens is 2. The van der Waals surface area contributed by atoms with Gasteiger partial charge in [-0.1, -0.05) is 0 Å². The number of carboxylic acids is 1. The number of hydrogen-bond acceptors (Lipinski definition) is 6. The molecular formula is C9H13N3O4. The van der Waals surface area contributed by atoms with E-state index < -0.39 is 5.97 Å². The lowest BCUT2D eigenvalue weighted by Gasteiger charge is -2.14. The first kappa shape index (κ1) is 12.3. The Kier molecular flexibility index (Phi) is 4.62. The van der Waals surface area contributed by atoms with E-state index in [1.165, 1.54) is 19.2 Å². The van der Waals surface area contributed by atoms with Gasteiger partial charge < -0.3 is 20.3 Å². The molecule has 7 nitrogen and oxygen atoms in total. The molecule has 0 aromatic carbocycles. The van der Waals surface area contributed by atoms with Crippen LogP contribution in [0.1, 0.15) is 10.5 Å². The van der Waals surface area contributed by atoms with Crippen molar-refractivity contribution in [2.24, 2.45) is 0 Å². The highest BCUT2D eigenvalue weighted by Crippen LogP contribution is 2.04. The zero-order valence-corrected chi connectivity index (χ0v) is 8.75. The highest BCUT2D eigenvalue weighted by Gasteiger charge is 2.09. The molecule has 0 aliphatic carbocycles. The smallest absolute Gasteiger partial charge is 0.356 e. The number of aliphatic hydroxyl groups is 1. The number of carbonyl (C=O) groups is 1. The predicted octanol–water partition coefficient (Wildman–Crippen LogP) is -0.406. The van der Waals surface area contributed by atoms with E-state index in [4.69, 9.17) is 14.9 Å². The van der Waals surface area contributed by atoms with Crippen molar-refractivity contribution in [1.29, 1.82) is 0 Å². The van der Waals surface area contributed by atoms with Crippen LogP contribution in [0.15, 0.2) is 12.1 Å². The first-order valence-corrected chi connectivity index (χ1v) is 4.60. The lowest BCUT2D eigenvalue weighted by atomic mass is 10.3. The molecule has 1 aromatic rings. The number of anilines is 1. The molecule has 0 fully saturated rings. The molecule has 0 saturated carbocycles. The Hall–Kier alpha value is -1.73. The third kappa shape index (κ3) is 3.44. The van der Waals surface area contributed by atoms with Crippen LogP contribution in [0.5, 0.6) is 0 Å². The minimum Gasteiger partial charge on any atom is -0.476 e. The van der Waals surface area contributed by atoms with Crippen molar-refractivity contribution < 1.29 is 19.7 Å². The molecule has 0 radical (unpaired) electrons. The van der Waals surface area contributed by atoms with E-state index in [0.29, 0.717) is 12.4 Å². The van der Waals surface area contributed by atoms with Crippen molar-refractivity contribution in [3.8, 4) is 0 Å². The van der Waals surface area contributed by atoms with Gasteiger partial charge in [-0.3, -0.25) is 0 Å². The van der Waals surface area contributed by atoms with Crippen molar-refractivity contribution in [3.05, 3.63) is 17.8 Å². The number of ether oxygens (including phenoxy) is 1. The van der Waals surface area contributed by atoms with Crippen LogP contribution in [0.4, 0.5) is 5.82 Å². The Morgan fingerprint density at radius 2 is 2.31 bits per heavy atom. The van der Waals surface area contributed by atoms with Crippen LogP contribution in [0.25, 0.3) is 0 Å². The molecule has 7 heteroatoms. The SMILES string of the molecule is COC[C@H](CO)Nc1ccc(C(=O)O)nn1. The Morgan fingerprint density at radius 3 is 2.75 bits per heavy atom. The van der Waals surface area contributed by atoms with Crippen LogP contribution < -0.4 is 5.32 Å². The Balaban J connectivity index is 2.63. The first-order chi connectivity index (χ1) is 7.67. The van der Waals surface area contributed by atoms with E-state index in [2.05, 4.69) is 15.5 Å². The molecule has 1 heterocycles. The number of hydrogen-bond donors (Lipinski definition) is 3. The summed E-state index contributed by atoms with van der Waals surface area (Å²) < 4.78 is 4.86. The third-order valence-corrected chi connectivity index (χ3v) is 1.82. The zero-order chi connectivity index (χ0) is 12.0. The number of nitrogens with one attached hydrogen (secondary N) is 1. The second kappa shape index (κ2) is 5.99. The molecule has 0 saturated heterocycles. The van der Waals surface area contributed by atoms with Crippen LogP contribution in [0, 0.1) is 0 Å². The molecule has 0 bridgehead atoms. The van der Waals surface area contributed by atoms with Gasteiger partial charge in [0.1, 0.15) is 5.82 Å². The molecule has 0 aliphatic heterocycles. The minimum absolute atomic E-state index is 0.115. The number of carboxylic acid groups (broad SMARTS) is 1. The maximum absolute atomic E-state index is 10.5. The second-order valence-corrected chi connectivity index (χ2v) is 3.09. The molecule has 88 valence electrons. The molecule has 1 atom stereocenters. The fourth-order valence-electron chi connectivity index (χ4n) is 1.07.